The van der Waals surface area contributed by atoms with Crippen molar-refractivity contribution in [1.29, 1.82) is 0 Å². The summed E-state index contributed by atoms with van der Waals surface area (Å²) in [5, 5.41) is 4.47. The highest BCUT2D eigenvalue weighted by Gasteiger charge is 2.22. The van der Waals surface area contributed by atoms with Gasteiger partial charge in [0.25, 0.3) is 0 Å². The lowest BCUT2D eigenvalue weighted by Gasteiger charge is -2.28. The maximum atomic E-state index is 4.58. The van der Waals surface area contributed by atoms with Gasteiger partial charge in [-0.15, -0.1) is 0 Å². The van der Waals surface area contributed by atoms with Crippen molar-refractivity contribution in [2.24, 2.45) is 10.4 Å². The number of halogens is 1. The van der Waals surface area contributed by atoms with E-state index in [9.17, 15) is 0 Å². The lowest BCUT2D eigenvalue weighted by molar-refractivity contribution is 0.364. The topological polar surface area (TPSA) is 24.4 Å². The minimum atomic E-state index is 0.289. The fourth-order valence-electron chi connectivity index (χ4n) is 1.57. The third-order valence-electron chi connectivity index (χ3n) is 2.69. The van der Waals surface area contributed by atoms with Crippen LogP contribution in [0.2, 0.25) is 0 Å². The zero-order valence-corrected chi connectivity index (χ0v) is 12.6. The Labute approximate surface area is 115 Å². The molecule has 4 heteroatoms. The van der Waals surface area contributed by atoms with Crippen molar-refractivity contribution in [3.8, 4) is 0 Å². The predicted octanol–water partition coefficient (Wildman–Crippen LogP) is 3.67. The molecule has 0 fully saturated rings. The van der Waals surface area contributed by atoms with E-state index >= 15 is 0 Å². The summed E-state index contributed by atoms with van der Waals surface area (Å²) < 4.78 is 1.17. The number of rotatable bonds is 2. The quantitative estimate of drug-likeness (QED) is 0.901. The molecule has 0 saturated heterocycles. The number of nitrogens with zero attached hydrogens (tertiary/aromatic N) is 1. The summed E-state index contributed by atoms with van der Waals surface area (Å²) in [6.45, 7) is 6.39. The van der Waals surface area contributed by atoms with E-state index in [0.717, 1.165) is 24.0 Å². The smallest absolute Gasteiger partial charge is 0.156 e. The zero-order valence-electron chi connectivity index (χ0n) is 10.2. The van der Waals surface area contributed by atoms with Crippen molar-refractivity contribution in [2.75, 3.05) is 13.1 Å². The van der Waals surface area contributed by atoms with Gasteiger partial charge in [0.05, 0.1) is 0 Å². The van der Waals surface area contributed by atoms with E-state index in [1.807, 2.05) is 6.07 Å². The number of hydrogen-bond acceptors (Lipinski definition) is 3. The average Bonchev–Trinajstić information content (AvgIpc) is 2.30. The van der Waals surface area contributed by atoms with Crippen LogP contribution < -0.4 is 5.32 Å². The van der Waals surface area contributed by atoms with Crippen LogP contribution in [0.3, 0.4) is 0 Å². The maximum Gasteiger partial charge on any atom is 0.156 e. The molecule has 0 spiro atoms. The minimum Gasteiger partial charge on any atom is -0.364 e. The highest BCUT2D eigenvalue weighted by Crippen LogP contribution is 2.24. The maximum absolute atomic E-state index is 4.58. The van der Waals surface area contributed by atoms with Crippen molar-refractivity contribution in [3.05, 3.63) is 34.3 Å². The van der Waals surface area contributed by atoms with Crippen LogP contribution in [-0.4, -0.2) is 18.3 Å². The number of amidine groups is 1. The number of aliphatic imine (C=N–C) groups is 1. The third kappa shape index (κ3) is 3.75. The van der Waals surface area contributed by atoms with Crippen LogP contribution in [-0.2, 0) is 5.75 Å². The fourth-order valence-corrected chi connectivity index (χ4v) is 3.06. The lowest BCUT2D eigenvalue weighted by Crippen LogP contribution is -2.39. The SMILES string of the molecule is CC1(C)CN=C(SCc2ccccc2Br)NC1. The predicted molar refractivity (Wildman–Crippen MR) is 79.5 cm³/mol. The summed E-state index contributed by atoms with van der Waals surface area (Å²) in [4.78, 5) is 4.58. The van der Waals surface area contributed by atoms with Crippen LogP contribution in [0.1, 0.15) is 19.4 Å². The zero-order chi connectivity index (χ0) is 12.3. The van der Waals surface area contributed by atoms with Gasteiger partial charge in [-0.1, -0.05) is 59.7 Å². The highest BCUT2D eigenvalue weighted by atomic mass is 79.9. The summed E-state index contributed by atoms with van der Waals surface area (Å²) >= 11 is 5.34. The van der Waals surface area contributed by atoms with E-state index in [1.54, 1.807) is 11.8 Å². The molecule has 0 atom stereocenters. The van der Waals surface area contributed by atoms with Gasteiger partial charge in [0.2, 0.25) is 0 Å². The molecule has 2 nitrogen and oxygen atoms in total. The van der Waals surface area contributed by atoms with Crippen molar-refractivity contribution in [2.45, 2.75) is 19.6 Å². The highest BCUT2D eigenvalue weighted by molar-refractivity contribution is 9.10. The van der Waals surface area contributed by atoms with Crippen molar-refractivity contribution >= 4 is 32.9 Å². The van der Waals surface area contributed by atoms with Gasteiger partial charge in [-0.05, 0) is 11.6 Å². The van der Waals surface area contributed by atoms with Gasteiger partial charge in [-0.2, -0.15) is 0 Å². The summed E-state index contributed by atoms with van der Waals surface area (Å²) in [5.41, 5.74) is 1.60. The second-order valence-corrected chi connectivity index (χ2v) is 6.84. The summed E-state index contributed by atoms with van der Waals surface area (Å²) in [7, 11) is 0. The Morgan fingerprint density at radius 1 is 1.41 bits per heavy atom. The molecule has 0 bridgehead atoms. The Morgan fingerprint density at radius 2 is 2.18 bits per heavy atom. The van der Waals surface area contributed by atoms with Crippen LogP contribution in [0.4, 0.5) is 0 Å². The summed E-state index contributed by atoms with van der Waals surface area (Å²) in [6, 6.07) is 8.33. The van der Waals surface area contributed by atoms with Gasteiger partial charge in [0.1, 0.15) is 0 Å². The molecule has 0 radical (unpaired) electrons. The van der Waals surface area contributed by atoms with Gasteiger partial charge in [0, 0.05) is 28.7 Å². The van der Waals surface area contributed by atoms with E-state index < -0.39 is 0 Å². The molecule has 1 heterocycles. The second-order valence-electron chi connectivity index (χ2n) is 5.02. The van der Waals surface area contributed by atoms with E-state index in [1.165, 1.54) is 10.0 Å². The fraction of sp³-hybridized carbons (Fsp3) is 0.462. The third-order valence-corrected chi connectivity index (χ3v) is 4.47. The number of hydrogen-bond donors (Lipinski definition) is 1. The summed E-state index contributed by atoms with van der Waals surface area (Å²) in [6.07, 6.45) is 0. The van der Waals surface area contributed by atoms with Gasteiger partial charge in [-0.3, -0.25) is 4.99 Å². The summed E-state index contributed by atoms with van der Waals surface area (Å²) in [5.74, 6) is 0.952. The monoisotopic (exact) mass is 312 g/mol. The van der Waals surface area contributed by atoms with Gasteiger partial charge < -0.3 is 5.32 Å². The largest absolute Gasteiger partial charge is 0.364 e. The van der Waals surface area contributed by atoms with Crippen molar-refractivity contribution in [3.63, 3.8) is 0 Å². The molecule has 92 valence electrons. The molecule has 0 amide bonds. The van der Waals surface area contributed by atoms with E-state index in [0.29, 0.717) is 0 Å². The van der Waals surface area contributed by atoms with Crippen LogP contribution in [0, 0.1) is 5.41 Å². The molecule has 0 aromatic heterocycles. The van der Waals surface area contributed by atoms with Crippen molar-refractivity contribution < 1.29 is 0 Å². The molecule has 0 aliphatic carbocycles. The Hall–Kier alpha value is -0.480. The Balaban J connectivity index is 1.92. The molecule has 1 aliphatic rings. The van der Waals surface area contributed by atoms with Crippen LogP contribution in [0.25, 0.3) is 0 Å². The van der Waals surface area contributed by atoms with Gasteiger partial charge in [-0.25, -0.2) is 0 Å². The first-order chi connectivity index (χ1) is 8.07. The van der Waals surface area contributed by atoms with Gasteiger partial charge in [0.15, 0.2) is 5.17 Å². The number of thioether (sulfide) groups is 1. The minimum absolute atomic E-state index is 0.289. The second kappa shape index (κ2) is 5.44. The first-order valence-corrected chi connectivity index (χ1v) is 7.49. The number of benzene rings is 1. The van der Waals surface area contributed by atoms with Crippen LogP contribution >= 0.6 is 27.7 Å². The van der Waals surface area contributed by atoms with Crippen molar-refractivity contribution in [1.82, 2.24) is 5.32 Å². The molecule has 17 heavy (non-hydrogen) atoms. The molecule has 1 aromatic rings. The Bertz CT molecular complexity index is 429. The molecule has 0 unspecified atom stereocenters. The van der Waals surface area contributed by atoms with E-state index in [2.05, 4.69) is 58.3 Å². The molecule has 1 aromatic carbocycles. The van der Waals surface area contributed by atoms with Crippen LogP contribution in [0.5, 0.6) is 0 Å². The molecule has 0 saturated carbocycles. The molecular formula is C13H17BrN2S. The average molecular weight is 313 g/mol. The molecular weight excluding hydrogens is 296 g/mol. The van der Waals surface area contributed by atoms with E-state index in [-0.39, 0.29) is 5.41 Å². The normalized spacial score (nSPS) is 18.4. The standard InChI is InChI=1S/C13H17BrN2S/c1-13(2)8-15-12(16-9-13)17-7-10-5-3-4-6-11(10)14/h3-6H,7-9H2,1-2H3,(H,15,16). The van der Waals surface area contributed by atoms with Gasteiger partial charge >= 0.3 is 0 Å². The lowest BCUT2D eigenvalue weighted by atomic mass is 9.93. The van der Waals surface area contributed by atoms with Crippen LogP contribution in [0.15, 0.2) is 33.7 Å². The first kappa shape index (κ1) is 13.0. The molecule has 1 N–H and O–H groups in total. The Kier molecular flexibility index (Phi) is 4.15. The Morgan fingerprint density at radius 3 is 2.82 bits per heavy atom. The number of nitrogens with one attached hydrogen (secondary N) is 1. The molecule has 2 rings (SSSR count). The first-order valence-electron chi connectivity index (χ1n) is 5.71. The molecule has 1 aliphatic heterocycles. The van der Waals surface area contributed by atoms with E-state index in [4.69, 9.17) is 0 Å².